The zero-order valence-corrected chi connectivity index (χ0v) is 39.4. The van der Waals surface area contributed by atoms with Crippen LogP contribution in [0.1, 0.15) is 155 Å². The van der Waals surface area contributed by atoms with Crippen molar-refractivity contribution in [3.63, 3.8) is 0 Å². The Morgan fingerprint density at radius 2 is 0.969 bits per heavy atom. The molecule has 2 rings (SSSR count). The smallest absolute Gasteiger partial charge is 0.462 e. The molecule has 1 heterocycles. The molecule has 1 saturated carbocycles. The number of rotatable bonds is 37. The molecule has 2 fully saturated rings. The number of ether oxygens (including phenoxy) is 3. The molecule has 0 aromatic rings. The maximum atomic E-state index is 12.8. The van der Waals surface area contributed by atoms with E-state index in [0.717, 1.165) is 44.9 Å². The number of unbranched alkanes of at least 4 members (excludes halogenated alkanes) is 11. The Labute approximate surface area is 382 Å². The third kappa shape index (κ3) is 27.0. The lowest BCUT2D eigenvalue weighted by molar-refractivity contribution is -0.220. The molecule has 0 amide bonds. The molecule has 6 N–H and O–H groups in total. The highest BCUT2D eigenvalue weighted by atomic mass is 31.2. The van der Waals surface area contributed by atoms with Crippen molar-refractivity contribution in [2.45, 2.75) is 210 Å². The fourth-order valence-corrected chi connectivity index (χ4v) is 7.90. The number of hydrogen-bond donors (Lipinski definition) is 6. The predicted molar refractivity (Wildman–Crippen MR) is 248 cm³/mol. The minimum Gasteiger partial charge on any atom is -0.462 e. The van der Waals surface area contributed by atoms with Gasteiger partial charge in [0, 0.05) is 12.8 Å². The molecule has 15 heteroatoms. The number of carbonyl (C=O) groups is 2. The van der Waals surface area contributed by atoms with Crippen molar-refractivity contribution in [2.24, 2.45) is 0 Å². The summed E-state index contributed by atoms with van der Waals surface area (Å²) in [7, 11) is -5.15. The predicted octanol–water partition coefficient (Wildman–Crippen LogP) is 8.49. The molecule has 1 aliphatic heterocycles. The second-order valence-corrected chi connectivity index (χ2v) is 18.0. The molecule has 0 aromatic carbocycles. The van der Waals surface area contributed by atoms with Crippen LogP contribution >= 0.6 is 7.82 Å². The average molecular weight is 925 g/mol. The molecule has 10 atom stereocenters. The van der Waals surface area contributed by atoms with Gasteiger partial charge >= 0.3 is 19.8 Å². The molecule has 0 bridgehead atoms. The minimum atomic E-state index is -5.15. The van der Waals surface area contributed by atoms with Gasteiger partial charge < -0.3 is 44.6 Å². The van der Waals surface area contributed by atoms with Crippen molar-refractivity contribution in [3.8, 4) is 0 Å². The number of phosphoric acid groups is 1. The first kappa shape index (κ1) is 57.4. The van der Waals surface area contributed by atoms with Crippen molar-refractivity contribution >= 4 is 19.8 Å². The summed E-state index contributed by atoms with van der Waals surface area (Å²) in [6.45, 7) is 3.15. The summed E-state index contributed by atoms with van der Waals surface area (Å²) in [6.07, 6.45) is 32.7. The van der Waals surface area contributed by atoms with Crippen LogP contribution in [-0.2, 0) is 37.4 Å². The van der Waals surface area contributed by atoms with Crippen LogP contribution in [0, 0.1) is 0 Å². The van der Waals surface area contributed by atoms with Gasteiger partial charge in [-0.1, -0.05) is 132 Å². The van der Waals surface area contributed by atoms with Gasteiger partial charge in [-0.3, -0.25) is 18.6 Å². The molecule has 1 saturated heterocycles. The topological polar surface area (TPSA) is 222 Å². The van der Waals surface area contributed by atoms with Crippen LogP contribution in [0.25, 0.3) is 0 Å². The van der Waals surface area contributed by atoms with E-state index in [1.165, 1.54) is 57.8 Å². The van der Waals surface area contributed by atoms with Gasteiger partial charge in [0.1, 0.15) is 43.2 Å². The Balaban J connectivity index is 1.76. The fraction of sp³-hybridized carbons (Fsp3) is 0.714. The van der Waals surface area contributed by atoms with Crippen LogP contribution in [0.5, 0.6) is 0 Å². The molecule has 0 spiro atoms. The van der Waals surface area contributed by atoms with Gasteiger partial charge in [-0.15, -0.1) is 0 Å². The summed E-state index contributed by atoms with van der Waals surface area (Å²) in [5.74, 6) is -1.24. The molecule has 14 nitrogen and oxygen atoms in total. The largest absolute Gasteiger partial charge is 0.472 e. The normalized spacial score (nSPS) is 25.4. The molecule has 64 heavy (non-hydrogen) atoms. The van der Waals surface area contributed by atoms with Crippen LogP contribution in [0.4, 0.5) is 0 Å². The SMILES string of the molecule is CCCCC/C=C\C/C=C\CC1OC1C/C=C\CCCC(=O)OC[C@H](COP(=O)(O)OC1[C@H](O)[C@H](O)C(O)[C@H](O)[C@H]1O)OC(=O)CCC/C=C\C/C=C\C/C=C\CCCCCCCC. The van der Waals surface area contributed by atoms with E-state index in [-0.39, 0.29) is 25.0 Å². The van der Waals surface area contributed by atoms with Gasteiger partial charge in [-0.25, -0.2) is 4.57 Å². The molecule has 2 aliphatic rings. The summed E-state index contributed by atoms with van der Waals surface area (Å²) in [6, 6.07) is 0. The maximum absolute atomic E-state index is 12.8. The van der Waals surface area contributed by atoms with Crippen molar-refractivity contribution in [2.75, 3.05) is 13.2 Å². The number of phosphoric ester groups is 1. The maximum Gasteiger partial charge on any atom is 0.472 e. The molecule has 5 unspecified atom stereocenters. The number of allylic oxidation sites excluding steroid dienone is 10. The monoisotopic (exact) mass is 925 g/mol. The van der Waals surface area contributed by atoms with E-state index in [4.69, 9.17) is 23.3 Å². The van der Waals surface area contributed by atoms with Crippen LogP contribution in [0.3, 0.4) is 0 Å². The zero-order chi connectivity index (χ0) is 46.8. The van der Waals surface area contributed by atoms with E-state index in [2.05, 4.69) is 62.5 Å². The fourth-order valence-electron chi connectivity index (χ4n) is 6.92. The molecular formula is C49H81O14P. The van der Waals surface area contributed by atoms with Gasteiger partial charge in [0.05, 0.1) is 18.8 Å². The van der Waals surface area contributed by atoms with Crippen molar-refractivity contribution < 1.29 is 67.8 Å². The number of aliphatic hydroxyl groups is 5. The van der Waals surface area contributed by atoms with E-state index < -0.39 is 75.7 Å². The Kier molecular flexibility index (Phi) is 31.8. The van der Waals surface area contributed by atoms with E-state index in [1.807, 2.05) is 24.3 Å². The van der Waals surface area contributed by atoms with E-state index >= 15 is 0 Å². The van der Waals surface area contributed by atoms with Gasteiger partial charge in [-0.2, -0.15) is 0 Å². The van der Waals surface area contributed by atoms with Crippen LogP contribution in [0.15, 0.2) is 72.9 Å². The quantitative estimate of drug-likeness (QED) is 0.0113. The first-order chi connectivity index (χ1) is 30.9. The summed E-state index contributed by atoms with van der Waals surface area (Å²) in [4.78, 5) is 35.7. The lowest BCUT2D eigenvalue weighted by Gasteiger charge is -2.41. The van der Waals surface area contributed by atoms with Crippen LogP contribution in [0.2, 0.25) is 0 Å². The highest BCUT2D eigenvalue weighted by Crippen LogP contribution is 2.47. The first-order valence-electron chi connectivity index (χ1n) is 23.9. The Morgan fingerprint density at radius 3 is 1.55 bits per heavy atom. The number of epoxide rings is 1. The lowest BCUT2D eigenvalue weighted by Crippen LogP contribution is -2.64. The second kappa shape index (κ2) is 35.4. The molecule has 0 aromatic heterocycles. The number of hydrogen-bond acceptors (Lipinski definition) is 13. The highest BCUT2D eigenvalue weighted by molar-refractivity contribution is 7.47. The Bertz CT molecular complexity index is 1460. The minimum absolute atomic E-state index is 0.00635. The van der Waals surface area contributed by atoms with Gasteiger partial charge in [-0.05, 0) is 83.5 Å². The van der Waals surface area contributed by atoms with Crippen molar-refractivity contribution in [1.82, 2.24) is 0 Å². The summed E-state index contributed by atoms with van der Waals surface area (Å²) in [5, 5.41) is 50.2. The highest BCUT2D eigenvalue weighted by Gasteiger charge is 2.51. The second-order valence-electron chi connectivity index (χ2n) is 16.6. The van der Waals surface area contributed by atoms with Crippen LogP contribution in [-0.4, -0.2) is 111 Å². The first-order valence-corrected chi connectivity index (χ1v) is 25.4. The summed E-state index contributed by atoms with van der Waals surface area (Å²) in [5.41, 5.74) is 0. The molecule has 0 radical (unpaired) electrons. The Hall–Kier alpha value is -2.75. The average Bonchev–Trinajstić information content (AvgIpc) is 4.04. The number of esters is 2. The third-order valence-corrected chi connectivity index (χ3v) is 11.9. The van der Waals surface area contributed by atoms with Crippen molar-refractivity contribution in [1.29, 1.82) is 0 Å². The van der Waals surface area contributed by atoms with E-state index in [1.54, 1.807) is 0 Å². The third-order valence-electron chi connectivity index (χ3n) is 10.9. The standard InChI is InChI=1S/C49H81O14P/c1-3-5-7-9-11-13-14-15-16-17-18-19-20-22-24-26-32-36-43(51)61-39(38-60-64(57,58)63-49-47(55)45(53)44(52)46(54)48(49)56)37-59-42(50)35-31-28-27-30-34-41-40(62-41)33-29-25-23-21-12-10-8-6-4-2/h12,15-16,18-19,21-22,24-25,27,29-30,39-41,44-49,52-56H,3-11,13-14,17,20,23,26,28,31-38H2,1-2H3,(H,57,58)/b16-15-,19-18-,21-12-,24-22-,29-25-,30-27-/t39-,40?,41?,44?,45-,46+,47-,48-,49?/m1/s1. The molecule has 1 aliphatic carbocycles. The van der Waals surface area contributed by atoms with Gasteiger partial charge in [0.2, 0.25) is 0 Å². The van der Waals surface area contributed by atoms with Gasteiger partial charge in [0.15, 0.2) is 6.10 Å². The molecular weight excluding hydrogens is 843 g/mol. The molecule has 366 valence electrons. The Morgan fingerprint density at radius 1 is 0.547 bits per heavy atom. The van der Waals surface area contributed by atoms with Crippen LogP contribution < -0.4 is 0 Å². The van der Waals surface area contributed by atoms with E-state index in [0.29, 0.717) is 25.7 Å². The number of aliphatic hydroxyl groups excluding tert-OH is 5. The zero-order valence-electron chi connectivity index (χ0n) is 38.5. The summed E-state index contributed by atoms with van der Waals surface area (Å²) >= 11 is 0. The lowest BCUT2D eigenvalue weighted by atomic mass is 9.85. The van der Waals surface area contributed by atoms with Gasteiger partial charge in [0.25, 0.3) is 0 Å². The number of carbonyl (C=O) groups excluding carboxylic acids is 2. The summed E-state index contributed by atoms with van der Waals surface area (Å²) < 4.78 is 39.2. The van der Waals surface area contributed by atoms with E-state index in [9.17, 15) is 44.6 Å². The van der Waals surface area contributed by atoms with Crippen molar-refractivity contribution in [3.05, 3.63) is 72.9 Å².